The van der Waals surface area contributed by atoms with Crippen molar-refractivity contribution in [1.82, 2.24) is 0 Å². The summed E-state index contributed by atoms with van der Waals surface area (Å²) < 4.78 is 0. The summed E-state index contributed by atoms with van der Waals surface area (Å²) in [5.74, 6) is 0. The van der Waals surface area contributed by atoms with Crippen LogP contribution < -0.4 is 12.4 Å². The molecule has 0 aromatic heterocycles. The standard InChI is InChI=1S/C10H5ClN3O2.ClH.Zn/c11-9-7-4-2-1-3-6(7)5-8(14(15)16)10(9)13-12;;/h1-5H;1H;/q+1;;/p-1. The van der Waals surface area contributed by atoms with Gasteiger partial charge in [-0.3, -0.25) is 10.1 Å². The molecule has 0 bridgehead atoms. The molecule has 0 saturated carbocycles. The van der Waals surface area contributed by atoms with Crippen LogP contribution in [0.4, 0.5) is 11.4 Å². The van der Waals surface area contributed by atoms with Crippen LogP contribution in [-0.2, 0) is 19.5 Å². The van der Waals surface area contributed by atoms with Crippen molar-refractivity contribution in [3.05, 3.63) is 50.4 Å². The van der Waals surface area contributed by atoms with Gasteiger partial charge in [0, 0.05) is 30.9 Å². The maximum absolute atomic E-state index is 10.8. The van der Waals surface area contributed by atoms with Crippen LogP contribution in [0.25, 0.3) is 15.7 Å². The molecule has 0 unspecified atom stereocenters. The number of hydrogen-bond acceptors (Lipinski definition) is 3. The smallest absolute Gasteiger partial charge is 0.480 e. The number of nitro benzene ring substituents is 1. The van der Waals surface area contributed by atoms with E-state index in [9.17, 15) is 10.1 Å². The minimum absolute atomic E-state index is 0. The number of fused-ring (bicyclic) bond motifs is 1. The number of nitro groups is 1. The molecule has 5 nitrogen and oxygen atoms in total. The minimum Gasteiger partial charge on any atom is -1.00 e. The fourth-order valence-corrected chi connectivity index (χ4v) is 1.82. The van der Waals surface area contributed by atoms with E-state index in [1.54, 1.807) is 24.3 Å². The third-order valence-corrected chi connectivity index (χ3v) is 2.62. The molecular weight excluding hydrogens is 330 g/mol. The average Bonchev–Trinajstić information content (AvgIpc) is 2.29. The third-order valence-electron chi connectivity index (χ3n) is 2.24. The third kappa shape index (κ3) is 2.76. The van der Waals surface area contributed by atoms with E-state index in [0.29, 0.717) is 10.8 Å². The van der Waals surface area contributed by atoms with Crippen molar-refractivity contribution < 1.29 is 36.8 Å². The molecule has 2 aromatic rings. The van der Waals surface area contributed by atoms with E-state index < -0.39 is 4.92 Å². The normalized spacial score (nSPS) is 8.89. The number of halogens is 2. The summed E-state index contributed by atoms with van der Waals surface area (Å²) in [6.45, 7) is 0. The zero-order valence-corrected chi connectivity index (χ0v) is 13.5. The second-order valence-corrected chi connectivity index (χ2v) is 3.51. The molecule has 2 aromatic carbocycles. The molecule has 0 aliphatic carbocycles. The quantitative estimate of drug-likeness (QED) is 0.336. The van der Waals surface area contributed by atoms with E-state index in [4.69, 9.17) is 17.0 Å². The van der Waals surface area contributed by atoms with E-state index >= 15 is 0 Å². The molecule has 0 aliphatic heterocycles. The molecule has 88 valence electrons. The topological polar surface area (TPSA) is 71.3 Å². The number of hydrogen-bond donors (Lipinski definition) is 0. The summed E-state index contributed by atoms with van der Waals surface area (Å²) in [7, 11) is 0. The first kappa shape index (κ1) is 16.7. The van der Waals surface area contributed by atoms with Gasteiger partial charge in [-0.1, -0.05) is 35.9 Å². The Bertz CT molecular complexity index is 643. The molecule has 0 spiro atoms. The van der Waals surface area contributed by atoms with Gasteiger partial charge >= 0.3 is 11.4 Å². The number of diazo groups is 1. The molecule has 0 atom stereocenters. The maximum atomic E-state index is 10.8. The van der Waals surface area contributed by atoms with Crippen LogP contribution in [0.15, 0.2) is 30.3 Å². The Hall–Kier alpha value is -1.28. The van der Waals surface area contributed by atoms with Crippen molar-refractivity contribution in [3.63, 3.8) is 0 Å². The number of benzene rings is 2. The fourth-order valence-electron chi connectivity index (χ4n) is 1.51. The second-order valence-electron chi connectivity index (χ2n) is 3.14. The fraction of sp³-hybridized carbons (Fsp3) is 0. The Kier molecular flexibility index (Phi) is 6.13. The van der Waals surface area contributed by atoms with Gasteiger partial charge in [0.25, 0.3) is 0 Å². The molecular formula is C10H5Cl2N3O2Zn. The van der Waals surface area contributed by atoms with Gasteiger partial charge in [-0.15, -0.1) is 0 Å². The van der Waals surface area contributed by atoms with Gasteiger partial charge in [0.1, 0.15) is 0 Å². The summed E-state index contributed by atoms with van der Waals surface area (Å²) in [5, 5.41) is 20.8. The van der Waals surface area contributed by atoms with Gasteiger partial charge in [0.05, 0.1) is 4.92 Å². The largest absolute Gasteiger partial charge is 1.00 e. The second kappa shape index (κ2) is 6.60. The average molecular weight is 335 g/mol. The summed E-state index contributed by atoms with van der Waals surface area (Å²) in [6, 6.07) is 8.24. The predicted molar refractivity (Wildman–Crippen MR) is 60.4 cm³/mol. The van der Waals surface area contributed by atoms with Gasteiger partial charge in [-0.2, -0.15) is 0 Å². The summed E-state index contributed by atoms with van der Waals surface area (Å²) in [5.41, 5.74) is -0.531. The van der Waals surface area contributed by atoms with Crippen molar-refractivity contribution >= 4 is 33.7 Å². The summed E-state index contributed by atoms with van der Waals surface area (Å²) in [4.78, 5) is 13.0. The van der Waals surface area contributed by atoms with Crippen LogP contribution in [-0.4, -0.2) is 4.92 Å². The van der Waals surface area contributed by atoms with Crippen molar-refractivity contribution in [2.24, 2.45) is 0 Å². The van der Waals surface area contributed by atoms with E-state index in [2.05, 4.69) is 4.98 Å². The van der Waals surface area contributed by atoms with Crippen LogP contribution >= 0.6 is 11.6 Å². The first-order chi connectivity index (χ1) is 7.65. The van der Waals surface area contributed by atoms with E-state index in [1.807, 2.05) is 0 Å². The first-order valence-electron chi connectivity index (χ1n) is 4.36. The van der Waals surface area contributed by atoms with Crippen LogP contribution in [0.2, 0.25) is 5.02 Å². The molecule has 18 heavy (non-hydrogen) atoms. The van der Waals surface area contributed by atoms with E-state index in [0.717, 1.165) is 0 Å². The molecule has 0 heterocycles. The van der Waals surface area contributed by atoms with Crippen LogP contribution in [0.5, 0.6) is 0 Å². The van der Waals surface area contributed by atoms with E-state index in [1.165, 1.54) is 6.07 Å². The van der Waals surface area contributed by atoms with Crippen molar-refractivity contribution in [1.29, 1.82) is 5.39 Å². The van der Waals surface area contributed by atoms with Gasteiger partial charge in [0.2, 0.25) is 5.39 Å². The molecule has 0 N–H and O–H groups in total. The van der Waals surface area contributed by atoms with Gasteiger partial charge in [-0.05, 0) is 5.39 Å². The Balaban J connectivity index is 0.00000144. The Labute approximate surface area is 126 Å². The molecule has 0 radical (unpaired) electrons. The van der Waals surface area contributed by atoms with Crippen LogP contribution in [0, 0.1) is 15.5 Å². The number of nitrogens with zero attached hydrogens (tertiary/aromatic N) is 3. The Morgan fingerprint density at radius 1 is 1.33 bits per heavy atom. The SMILES string of the molecule is N#[N+]c1c([N+](=O)[O-])cc2ccccc2c1Cl.[Cl-].[Zn]. The molecule has 8 heteroatoms. The zero-order chi connectivity index (χ0) is 11.7. The van der Waals surface area contributed by atoms with Crippen molar-refractivity contribution in [3.8, 4) is 0 Å². The van der Waals surface area contributed by atoms with Gasteiger partial charge < -0.3 is 12.4 Å². The van der Waals surface area contributed by atoms with Crippen LogP contribution in [0.3, 0.4) is 0 Å². The predicted octanol–water partition coefficient (Wildman–Crippen LogP) is 0.887. The zero-order valence-electron chi connectivity index (χ0n) is 9.01. The van der Waals surface area contributed by atoms with Gasteiger partial charge in [0.15, 0.2) is 10.00 Å². The molecule has 2 rings (SSSR count). The Morgan fingerprint density at radius 3 is 2.50 bits per heavy atom. The van der Waals surface area contributed by atoms with Crippen molar-refractivity contribution in [2.45, 2.75) is 0 Å². The molecule has 0 saturated heterocycles. The molecule has 0 aliphatic rings. The Morgan fingerprint density at radius 2 is 1.94 bits per heavy atom. The van der Waals surface area contributed by atoms with Gasteiger partial charge in [-0.25, -0.2) is 0 Å². The first-order valence-corrected chi connectivity index (χ1v) is 4.73. The summed E-state index contributed by atoms with van der Waals surface area (Å²) in [6.07, 6.45) is 0. The number of rotatable bonds is 1. The molecule has 0 fully saturated rings. The molecule has 0 amide bonds. The van der Waals surface area contributed by atoms with Crippen molar-refractivity contribution in [2.75, 3.05) is 0 Å². The van der Waals surface area contributed by atoms with E-state index in [-0.39, 0.29) is 48.3 Å². The monoisotopic (exact) mass is 333 g/mol. The van der Waals surface area contributed by atoms with Crippen LogP contribution in [0.1, 0.15) is 0 Å². The summed E-state index contributed by atoms with van der Waals surface area (Å²) >= 11 is 5.93. The minimum atomic E-state index is -0.632. The maximum Gasteiger partial charge on any atom is 0.480 e.